The highest BCUT2D eigenvalue weighted by molar-refractivity contribution is 5.83. The molecule has 1 amide bonds. The summed E-state index contributed by atoms with van der Waals surface area (Å²) in [4.78, 5) is 12.8. The zero-order valence-electron chi connectivity index (χ0n) is 17.5. The fourth-order valence-corrected chi connectivity index (χ4v) is 4.66. The number of halogens is 1. The maximum Gasteiger partial charge on any atom is 0.226 e. The van der Waals surface area contributed by atoms with Gasteiger partial charge in [0.25, 0.3) is 0 Å². The number of hydrogen-bond donors (Lipinski definition) is 3. The van der Waals surface area contributed by atoms with Crippen molar-refractivity contribution in [1.82, 2.24) is 5.32 Å². The van der Waals surface area contributed by atoms with Crippen LogP contribution in [-0.2, 0) is 10.2 Å². The van der Waals surface area contributed by atoms with E-state index in [0.717, 1.165) is 38.5 Å². The van der Waals surface area contributed by atoms with E-state index in [1.807, 2.05) is 12.1 Å². The molecule has 1 aromatic carbocycles. The van der Waals surface area contributed by atoms with Crippen LogP contribution >= 0.6 is 0 Å². The minimum atomic E-state index is -0.895. The summed E-state index contributed by atoms with van der Waals surface area (Å²) in [6, 6.07) is 8.07. The quantitative estimate of drug-likeness (QED) is 0.620. The molecule has 0 aromatic heterocycles. The molecular formula is C23H33FN2O3. The smallest absolute Gasteiger partial charge is 0.226 e. The zero-order chi connectivity index (χ0) is 21.1. The van der Waals surface area contributed by atoms with E-state index >= 15 is 0 Å². The number of amides is 1. The van der Waals surface area contributed by atoms with Gasteiger partial charge in [-0.3, -0.25) is 4.79 Å². The highest BCUT2D eigenvalue weighted by Crippen LogP contribution is 2.57. The van der Waals surface area contributed by atoms with Gasteiger partial charge in [-0.25, -0.2) is 4.39 Å². The summed E-state index contributed by atoms with van der Waals surface area (Å²) >= 11 is 0. The average molecular weight is 405 g/mol. The molecule has 5 nitrogen and oxygen atoms in total. The molecule has 6 heteroatoms. The van der Waals surface area contributed by atoms with Crippen LogP contribution in [-0.4, -0.2) is 36.3 Å². The average Bonchev–Trinajstić information content (AvgIpc) is 2.74. The van der Waals surface area contributed by atoms with Crippen LogP contribution in [0.4, 0.5) is 4.39 Å². The molecule has 0 radical (unpaired) electrons. The Morgan fingerprint density at radius 1 is 1.21 bits per heavy atom. The summed E-state index contributed by atoms with van der Waals surface area (Å²) in [6.45, 7) is 3.98. The second-order valence-corrected chi connectivity index (χ2v) is 9.34. The minimum Gasteiger partial charge on any atom is -0.489 e. The van der Waals surface area contributed by atoms with E-state index in [1.165, 1.54) is 5.56 Å². The van der Waals surface area contributed by atoms with Crippen molar-refractivity contribution in [3.8, 4) is 5.75 Å². The molecule has 29 heavy (non-hydrogen) atoms. The molecular weight excluding hydrogens is 371 g/mol. The maximum atomic E-state index is 12.8. The number of ether oxygens (including phenoxy) is 1. The van der Waals surface area contributed by atoms with Gasteiger partial charge < -0.3 is 20.9 Å². The van der Waals surface area contributed by atoms with E-state index < -0.39 is 5.60 Å². The van der Waals surface area contributed by atoms with Crippen molar-refractivity contribution in [3.05, 3.63) is 41.7 Å². The molecule has 3 fully saturated rings. The monoisotopic (exact) mass is 404 g/mol. The van der Waals surface area contributed by atoms with Gasteiger partial charge in [0.15, 0.2) is 0 Å². The van der Waals surface area contributed by atoms with E-state index in [4.69, 9.17) is 10.5 Å². The number of carbonyl (C=O) groups excluding carboxylic acids is 1. The Kier molecular flexibility index (Phi) is 6.34. The van der Waals surface area contributed by atoms with Gasteiger partial charge in [0.1, 0.15) is 12.4 Å². The number of nitrogens with two attached hydrogens (primary N) is 1. The second kappa shape index (κ2) is 8.44. The lowest BCUT2D eigenvalue weighted by molar-refractivity contribution is -0.138. The Labute approximate surface area is 172 Å². The van der Waals surface area contributed by atoms with Crippen molar-refractivity contribution in [2.75, 3.05) is 19.7 Å². The molecule has 2 bridgehead atoms. The largest absolute Gasteiger partial charge is 0.489 e. The van der Waals surface area contributed by atoms with E-state index in [-0.39, 0.29) is 36.4 Å². The van der Waals surface area contributed by atoms with Crippen molar-refractivity contribution in [2.24, 2.45) is 11.1 Å². The first-order valence-electron chi connectivity index (χ1n) is 10.4. The predicted molar refractivity (Wildman–Crippen MR) is 111 cm³/mol. The number of rotatable bonds is 8. The second-order valence-electron chi connectivity index (χ2n) is 9.34. The Morgan fingerprint density at radius 3 is 2.28 bits per heavy atom. The molecule has 3 aliphatic carbocycles. The van der Waals surface area contributed by atoms with Crippen LogP contribution in [0, 0.1) is 5.41 Å². The standard InChI is InChI=1S/C23H33FN2O3/c1-21(2,28)16-26-20(27)23-10-7-22(8-11-23,9-12-23)18-3-5-19(6-4-18)29-15-17(13-24)14-25/h3-6,13,28H,7-12,14-16,25H2,1-2H3,(H,26,27)/b17-13+. The van der Waals surface area contributed by atoms with Crippen molar-refractivity contribution < 1.29 is 19.0 Å². The topological polar surface area (TPSA) is 84.6 Å². The van der Waals surface area contributed by atoms with Crippen LogP contribution < -0.4 is 15.8 Å². The first-order chi connectivity index (χ1) is 13.7. The van der Waals surface area contributed by atoms with Crippen LogP contribution in [0.15, 0.2) is 36.2 Å². The highest BCUT2D eigenvalue weighted by Gasteiger charge is 2.52. The molecule has 4 N–H and O–H groups in total. The number of hydrogen-bond acceptors (Lipinski definition) is 4. The Hall–Kier alpha value is -1.92. The van der Waals surface area contributed by atoms with Crippen molar-refractivity contribution in [1.29, 1.82) is 0 Å². The van der Waals surface area contributed by atoms with Gasteiger partial charge in [0.2, 0.25) is 5.91 Å². The number of carbonyl (C=O) groups is 1. The molecule has 0 spiro atoms. The zero-order valence-corrected chi connectivity index (χ0v) is 17.5. The summed E-state index contributed by atoms with van der Waals surface area (Å²) in [5.41, 5.74) is 6.11. The lowest BCUT2D eigenvalue weighted by atomic mass is 9.51. The SMILES string of the molecule is CC(C)(O)CNC(=O)C12CCC(c3ccc(OC/C(=C/F)CN)cc3)(CC1)CC2. The first kappa shape index (κ1) is 21.8. The Balaban J connectivity index is 1.61. The van der Waals surface area contributed by atoms with Crippen molar-refractivity contribution >= 4 is 5.91 Å². The molecule has 3 aliphatic rings. The molecule has 3 saturated carbocycles. The third kappa shape index (κ3) is 4.81. The van der Waals surface area contributed by atoms with Crippen LogP contribution in [0.2, 0.25) is 0 Å². The summed E-state index contributed by atoms with van der Waals surface area (Å²) in [5.74, 6) is 0.790. The molecule has 1 aromatic rings. The van der Waals surface area contributed by atoms with E-state index in [2.05, 4.69) is 17.4 Å². The van der Waals surface area contributed by atoms with Gasteiger partial charge in [-0.2, -0.15) is 0 Å². The minimum absolute atomic E-state index is 0.0910. The third-order valence-corrected chi connectivity index (χ3v) is 6.72. The predicted octanol–water partition coefficient (Wildman–Crippen LogP) is 3.36. The summed E-state index contributed by atoms with van der Waals surface area (Å²) in [6.07, 6.45) is 6.11. The van der Waals surface area contributed by atoms with Gasteiger partial charge in [-0.1, -0.05) is 12.1 Å². The molecule has 0 atom stereocenters. The van der Waals surface area contributed by atoms with Gasteiger partial charge in [0.05, 0.1) is 11.9 Å². The van der Waals surface area contributed by atoms with Crippen molar-refractivity contribution in [2.45, 2.75) is 63.4 Å². The first-order valence-corrected chi connectivity index (χ1v) is 10.4. The lowest BCUT2D eigenvalue weighted by Gasteiger charge is -2.53. The van der Waals surface area contributed by atoms with Crippen LogP contribution in [0.3, 0.4) is 0 Å². The maximum absolute atomic E-state index is 12.8. The number of fused-ring (bicyclic) bond motifs is 3. The summed E-state index contributed by atoms with van der Waals surface area (Å²) < 4.78 is 18.2. The normalized spacial score (nSPS) is 27.0. The van der Waals surface area contributed by atoms with E-state index in [1.54, 1.807) is 13.8 Å². The number of aliphatic hydroxyl groups is 1. The summed E-state index contributed by atoms with van der Waals surface area (Å²) in [7, 11) is 0. The Morgan fingerprint density at radius 2 is 1.79 bits per heavy atom. The lowest BCUT2D eigenvalue weighted by Crippen LogP contribution is -2.53. The third-order valence-electron chi connectivity index (χ3n) is 6.72. The van der Waals surface area contributed by atoms with E-state index in [9.17, 15) is 14.3 Å². The van der Waals surface area contributed by atoms with E-state index in [0.29, 0.717) is 17.7 Å². The number of benzene rings is 1. The van der Waals surface area contributed by atoms with Gasteiger partial charge in [-0.15, -0.1) is 0 Å². The van der Waals surface area contributed by atoms with Crippen LogP contribution in [0.25, 0.3) is 0 Å². The van der Waals surface area contributed by atoms with Gasteiger partial charge in [-0.05, 0) is 75.5 Å². The molecule has 0 saturated heterocycles. The molecule has 0 heterocycles. The highest BCUT2D eigenvalue weighted by atomic mass is 19.1. The molecule has 0 unspecified atom stereocenters. The fourth-order valence-electron chi connectivity index (χ4n) is 4.66. The Bertz CT molecular complexity index is 728. The molecule has 160 valence electrons. The number of nitrogens with one attached hydrogen (secondary N) is 1. The molecule has 4 rings (SSSR count). The van der Waals surface area contributed by atoms with Gasteiger partial charge in [0, 0.05) is 24.1 Å². The van der Waals surface area contributed by atoms with Crippen molar-refractivity contribution in [3.63, 3.8) is 0 Å². The van der Waals surface area contributed by atoms with Gasteiger partial charge >= 0.3 is 0 Å². The summed E-state index contributed by atoms with van der Waals surface area (Å²) in [5, 5.41) is 12.8. The van der Waals surface area contributed by atoms with Crippen LogP contribution in [0.1, 0.15) is 57.9 Å². The van der Waals surface area contributed by atoms with Crippen LogP contribution in [0.5, 0.6) is 5.75 Å². The fraction of sp³-hybridized carbons (Fsp3) is 0.609. The molecule has 0 aliphatic heterocycles.